The van der Waals surface area contributed by atoms with Gasteiger partial charge in [-0.1, -0.05) is 11.3 Å². The Kier molecular flexibility index (Phi) is 5.88. The number of hydrogen-bond donors (Lipinski definition) is 2. The van der Waals surface area contributed by atoms with Gasteiger partial charge in [0, 0.05) is 13.7 Å². The van der Waals surface area contributed by atoms with E-state index in [-0.39, 0.29) is 4.88 Å². The number of aromatic nitrogens is 1. The van der Waals surface area contributed by atoms with Gasteiger partial charge in [0.2, 0.25) is 0 Å². The van der Waals surface area contributed by atoms with Gasteiger partial charge in [-0.2, -0.15) is 0 Å². The minimum atomic E-state index is -0.940. The number of thiazole rings is 1. The smallest absolute Gasteiger partial charge is 0.347 e. The average Bonchev–Trinajstić information content (AvgIpc) is 2.65. The fraction of sp³-hybridized carbons (Fsp3) is 0.600. The number of carboxylic acid groups (broad SMARTS) is 1. The molecule has 6 nitrogen and oxygen atoms in total. The molecule has 0 radical (unpaired) electrons. The van der Waals surface area contributed by atoms with Crippen molar-refractivity contribution in [3.8, 4) is 0 Å². The molecule has 17 heavy (non-hydrogen) atoms. The molecule has 0 saturated carbocycles. The Labute approximate surface area is 104 Å². The number of methoxy groups -OCH3 is 1. The molecule has 96 valence electrons. The summed E-state index contributed by atoms with van der Waals surface area (Å²) in [4.78, 5) is 15.2. The number of carboxylic acids is 1. The van der Waals surface area contributed by atoms with E-state index in [2.05, 4.69) is 10.3 Å². The normalized spacial score (nSPS) is 10.5. The number of nitrogens with one attached hydrogen (secondary N) is 1. The zero-order chi connectivity index (χ0) is 12.7. The van der Waals surface area contributed by atoms with Gasteiger partial charge in [0.15, 0.2) is 5.13 Å². The van der Waals surface area contributed by atoms with Crippen LogP contribution in [0.25, 0.3) is 0 Å². The van der Waals surface area contributed by atoms with Crippen LogP contribution in [-0.4, -0.2) is 49.5 Å². The molecule has 0 aromatic carbocycles. The number of anilines is 1. The molecule has 0 amide bonds. The van der Waals surface area contributed by atoms with Crippen molar-refractivity contribution in [1.29, 1.82) is 0 Å². The lowest BCUT2D eigenvalue weighted by molar-refractivity contribution is 0.0701. The van der Waals surface area contributed by atoms with Crippen molar-refractivity contribution in [2.24, 2.45) is 0 Å². The van der Waals surface area contributed by atoms with E-state index in [9.17, 15) is 4.79 Å². The molecule has 0 unspecified atom stereocenters. The van der Waals surface area contributed by atoms with E-state index in [1.807, 2.05) is 0 Å². The zero-order valence-corrected chi connectivity index (χ0v) is 10.7. The minimum absolute atomic E-state index is 0.271. The fourth-order valence-corrected chi connectivity index (χ4v) is 1.98. The summed E-state index contributed by atoms with van der Waals surface area (Å²) >= 11 is 1.13. The van der Waals surface area contributed by atoms with Gasteiger partial charge in [0.05, 0.1) is 25.5 Å². The van der Waals surface area contributed by atoms with Gasteiger partial charge in [-0.15, -0.1) is 0 Å². The van der Waals surface area contributed by atoms with Crippen LogP contribution in [0.5, 0.6) is 0 Å². The highest BCUT2D eigenvalue weighted by molar-refractivity contribution is 7.17. The third-order valence-corrected chi connectivity index (χ3v) is 3.05. The second-order valence-electron chi connectivity index (χ2n) is 3.27. The molecule has 0 aliphatic carbocycles. The maximum absolute atomic E-state index is 10.8. The first-order chi connectivity index (χ1) is 8.15. The van der Waals surface area contributed by atoms with Crippen LogP contribution >= 0.6 is 11.3 Å². The van der Waals surface area contributed by atoms with Crippen LogP contribution in [0, 0.1) is 6.92 Å². The van der Waals surface area contributed by atoms with E-state index in [1.165, 1.54) is 0 Å². The monoisotopic (exact) mass is 260 g/mol. The number of nitrogens with zero attached hydrogens (tertiary/aromatic N) is 1. The number of hydrogen-bond acceptors (Lipinski definition) is 6. The molecule has 0 aliphatic rings. The molecule has 1 aromatic rings. The number of ether oxygens (including phenoxy) is 2. The molecule has 0 spiro atoms. The van der Waals surface area contributed by atoms with Crippen LogP contribution in [0.4, 0.5) is 5.13 Å². The Balaban J connectivity index is 2.27. The molecular formula is C10H16N2O4S. The summed E-state index contributed by atoms with van der Waals surface area (Å²) in [7, 11) is 1.62. The molecule has 2 N–H and O–H groups in total. The Morgan fingerprint density at radius 1 is 1.47 bits per heavy atom. The van der Waals surface area contributed by atoms with Gasteiger partial charge in [0.1, 0.15) is 4.88 Å². The first kappa shape index (κ1) is 13.9. The van der Waals surface area contributed by atoms with E-state index in [0.717, 1.165) is 11.3 Å². The van der Waals surface area contributed by atoms with Crippen LogP contribution in [0.1, 0.15) is 15.4 Å². The quantitative estimate of drug-likeness (QED) is 0.684. The second kappa shape index (κ2) is 7.21. The van der Waals surface area contributed by atoms with E-state index in [4.69, 9.17) is 14.6 Å². The van der Waals surface area contributed by atoms with Crippen molar-refractivity contribution in [2.75, 3.05) is 38.8 Å². The first-order valence-electron chi connectivity index (χ1n) is 5.16. The van der Waals surface area contributed by atoms with E-state index < -0.39 is 5.97 Å². The Morgan fingerprint density at radius 3 is 2.82 bits per heavy atom. The molecule has 0 saturated heterocycles. The average molecular weight is 260 g/mol. The minimum Gasteiger partial charge on any atom is -0.477 e. The lowest BCUT2D eigenvalue weighted by Crippen LogP contribution is -2.11. The predicted molar refractivity (Wildman–Crippen MR) is 65.0 cm³/mol. The number of aromatic carboxylic acids is 1. The largest absolute Gasteiger partial charge is 0.477 e. The van der Waals surface area contributed by atoms with Gasteiger partial charge in [-0.05, 0) is 6.92 Å². The third kappa shape index (κ3) is 4.68. The molecule has 0 atom stereocenters. The molecule has 1 rings (SSSR count). The summed E-state index contributed by atoms with van der Waals surface area (Å²) in [5.74, 6) is -0.940. The molecular weight excluding hydrogens is 244 g/mol. The fourth-order valence-electron chi connectivity index (χ4n) is 1.14. The van der Waals surface area contributed by atoms with Gasteiger partial charge in [-0.25, -0.2) is 9.78 Å². The highest BCUT2D eigenvalue weighted by Gasteiger charge is 2.13. The Bertz CT molecular complexity index is 367. The predicted octanol–water partition coefficient (Wildman–Crippen LogP) is 1.22. The van der Waals surface area contributed by atoms with Crippen LogP contribution in [0.15, 0.2) is 0 Å². The topological polar surface area (TPSA) is 80.7 Å². The summed E-state index contributed by atoms with van der Waals surface area (Å²) in [5.41, 5.74) is 0.533. The lowest BCUT2D eigenvalue weighted by Gasteiger charge is -2.03. The van der Waals surface area contributed by atoms with Crippen LogP contribution in [0.3, 0.4) is 0 Å². The van der Waals surface area contributed by atoms with Crippen molar-refractivity contribution in [3.63, 3.8) is 0 Å². The summed E-state index contributed by atoms with van der Waals surface area (Å²) in [5, 5.41) is 12.5. The van der Waals surface area contributed by atoms with Crippen molar-refractivity contribution < 1.29 is 19.4 Å². The second-order valence-corrected chi connectivity index (χ2v) is 4.27. The van der Waals surface area contributed by atoms with E-state index in [1.54, 1.807) is 14.0 Å². The molecule has 7 heteroatoms. The Morgan fingerprint density at radius 2 is 2.24 bits per heavy atom. The number of aryl methyl sites for hydroxylation is 1. The summed E-state index contributed by atoms with van der Waals surface area (Å²) in [6.07, 6.45) is 0. The zero-order valence-electron chi connectivity index (χ0n) is 9.86. The number of carbonyl (C=O) groups is 1. The maximum atomic E-state index is 10.8. The lowest BCUT2D eigenvalue weighted by atomic mass is 10.4. The molecule has 1 aromatic heterocycles. The van der Waals surface area contributed by atoms with E-state index in [0.29, 0.717) is 37.2 Å². The van der Waals surface area contributed by atoms with Gasteiger partial charge in [0.25, 0.3) is 0 Å². The van der Waals surface area contributed by atoms with E-state index >= 15 is 0 Å². The maximum Gasteiger partial charge on any atom is 0.347 e. The molecule has 0 bridgehead atoms. The third-order valence-electron chi connectivity index (χ3n) is 1.95. The number of rotatable bonds is 8. The molecule has 0 fully saturated rings. The summed E-state index contributed by atoms with van der Waals surface area (Å²) < 4.78 is 10.1. The highest BCUT2D eigenvalue weighted by Crippen LogP contribution is 2.21. The molecule has 1 heterocycles. The van der Waals surface area contributed by atoms with Crippen molar-refractivity contribution in [2.45, 2.75) is 6.92 Å². The van der Waals surface area contributed by atoms with Crippen LogP contribution in [0.2, 0.25) is 0 Å². The van der Waals surface area contributed by atoms with Crippen LogP contribution in [-0.2, 0) is 9.47 Å². The van der Waals surface area contributed by atoms with Crippen molar-refractivity contribution in [1.82, 2.24) is 4.98 Å². The van der Waals surface area contributed by atoms with Crippen molar-refractivity contribution >= 4 is 22.4 Å². The first-order valence-corrected chi connectivity index (χ1v) is 5.98. The molecule has 0 aliphatic heterocycles. The highest BCUT2D eigenvalue weighted by atomic mass is 32.1. The van der Waals surface area contributed by atoms with Gasteiger partial charge < -0.3 is 19.9 Å². The van der Waals surface area contributed by atoms with Gasteiger partial charge >= 0.3 is 5.97 Å². The Hall–Kier alpha value is -1.18. The SMILES string of the molecule is COCCOCCNc1nc(C)c(C(=O)O)s1. The van der Waals surface area contributed by atoms with Gasteiger partial charge in [-0.3, -0.25) is 0 Å². The van der Waals surface area contributed by atoms with Crippen LogP contribution < -0.4 is 5.32 Å². The summed E-state index contributed by atoms with van der Waals surface area (Å²) in [6.45, 7) is 3.93. The van der Waals surface area contributed by atoms with Crippen molar-refractivity contribution in [3.05, 3.63) is 10.6 Å². The summed E-state index contributed by atoms with van der Waals surface area (Å²) in [6, 6.07) is 0. The standard InChI is InChI=1S/C10H16N2O4S/c1-7-8(9(13)14)17-10(12-7)11-3-4-16-6-5-15-2/h3-6H2,1-2H3,(H,11,12)(H,13,14).